The molecule has 0 bridgehead atoms. The molecular formula is C8H8N4O2. The fourth-order valence-electron chi connectivity index (χ4n) is 1.06. The molecule has 0 atom stereocenters. The van der Waals surface area contributed by atoms with Gasteiger partial charge in [-0.3, -0.25) is 0 Å². The topological polar surface area (TPSA) is 72.8 Å². The first-order valence-corrected chi connectivity index (χ1v) is 3.94. The van der Waals surface area contributed by atoms with Crippen LogP contribution < -0.4 is 10.4 Å². The van der Waals surface area contributed by atoms with Crippen LogP contribution in [-0.4, -0.2) is 26.9 Å². The average Bonchev–Trinajstić information content (AvgIpc) is 2.65. The van der Waals surface area contributed by atoms with Gasteiger partial charge in [-0.1, -0.05) is 6.07 Å². The van der Waals surface area contributed by atoms with E-state index in [1.54, 1.807) is 18.2 Å². The highest BCUT2D eigenvalue weighted by Crippen LogP contribution is 2.08. The van der Waals surface area contributed by atoms with Crippen molar-refractivity contribution in [3.8, 4) is 11.7 Å². The summed E-state index contributed by atoms with van der Waals surface area (Å²) in [6, 6.07) is 5.15. The zero-order valence-corrected chi connectivity index (χ0v) is 7.47. The van der Waals surface area contributed by atoms with Gasteiger partial charge in [0.1, 0.15) is 12.1 Å². The van der Waals surface area contributed by atoms with Gasteiger partial charge in [0, 0.05) is 6.07 Å². The van der Waals surface area contributed by atoms with Crippen molar-refractivity contribution < 1.29 is 4.74 Å². The third-order valence-electron chi connectivity index (χ3n) is 1.72. The normalized spacial score (nSPS) is 10.1. The van der Waals surface area contributed by atoms with Crippen LogP contribution >= 0.6 is 0 Å². The first-order chi connectivity index (χ1) is 6.81. The van der Waals surface area contributed by atoms with E-state index >= 15 is 0 Å². The Kier molecular flexibility index (Phi) is 2.02. The second kappa shape index (κ2) is 3.33. The second-order valence-corrected chi connectivity index (χ2v) is 2.57. The van der Waals surface area contributed by atoms with Gasteiger partial charge in [-0.05, 0) is 6.07 Å². The Balaban J connectivity index is 2.52. The fraction of sp³-hybridized carbons (Fsp3) is 0.125. The van der Waals surface area contributed by atoms with Crippen LogP contribution in [0.3, 0.4) is 0 Å². The van der Waals surface area contributed by atoms with Crippen LogP contribution in [-0.2, 0) is 0 Å². The highest BCUT2D eigenvalue weighted by atomic mass is 16.5. The van der Waals surface area contributed by atoms with Crippen LogP contribution in [0.5, 0.6) is 5.88 Å². The maximum absolute atomic E-state index is 11.2. The van der Waals surface area contributed by atoms with Crippen molar-refractivity contribution in [1.82, 2.24) is 19.7 Å². The molecule has 0 aliphatic rings. The van der Waals surface area contributed by atoms with Crippen molar-refractivity contribution in [2.75, 3.05) is 7.11 Å². The molecule has 0 saturated carbocycles. The average molecular weight is 192 g/mol. The molecule has 0 saturated heterocycles. The predicted molar refractivity (Wildman–Crippen MR) is 48.5 cm³/mol. The maximum Gasteiger partial charge on any atom is 0.348 e. The van der Waals surface area contributed by atoms with Crippen molar-refractivity contribution in [3.05, 3.63) is 35.0 Å². The third-order valence-corrected chi connectivity index (χ3v) is 1.72. The van der Waals surface area contributed by atoms with Gasteiger partial charge in [-0.15, -0.1) is 0 Å². The lowest BCUT2D eigenvalue weighted by Gasteiger charge is -2.01. The standard InChI is InChI=1S/C8H8N4O2/c1-14-7-4-2-3-6(10-7)12-5-9-11-8(12)13/h2-5H,1H3,(H,11,13). The van der Waals surface area contributed by atoms with Gasteiger partial charge in [0.15, 0.2) is 0 Å². The molecule has 2 heterocycles. The molecule has 0 spiro atoms. The van der Waals surface area contributed by atoms with Gasteiger partial charge >= 0.3 is 5.69 Å². The van der Waals surface area contributed by atoms with Gasteiger partial charge < -0.3 is 4.74 Å². The maximum atomic E-state index is 11.2. The molecule has 0 unspecified atom stereocenters. The summed E-state index contributed by atoms with van der Waals surface area (Å²) in [5, 5.41) is 5.88. The van der Waals surface area contributed by atoms with Gasteiger partial charge in [0.05, 0.1) is 7.11 Å². The summed E-state index contributed by atoms with van der Waals surface area (Å²) in [7, 11) is 1.52. The number of nitrogens with one attached hydrogen (secondary N) is 1. The van der Waals surface area contributed by atoms with E-state index in [1.807, 2.05) is 0 Å². The summed E-state index contributed by atoms with van der Waals surface area (Å²) in [6.45, 7) is 0. The van der Waals surface area contributed by atoms with E-state index in [-0.39, 0.29) is 5.69 Å². The second-order valence-electron chi connectivity index (χ2n) is 2.57. The van der Waals surface area contributed by atoms with E-state index in [1.165, 1.54) is 18.0 Å². The minimum atomic E-state index is -0.328. The van der Waals surface area contributed by atoms with Crippen LogP contribution in [0.15, 0.2) is 29.3 Å². The SMILES string of the molecule is COc1cccc(-n2cn[nH]c2=O)n1. The van der Waals surface area contributed by atoms with Crippen LogP contribution in [0, 0.1) is 0 Å². The van der Waals surface area contributed by atoms with Crippen molar-refractivity contribution in [3.63, 3.8) is 0 Å². The molecule has 0 aliphatic carbocycles. The lowest BCUT2D eigenvalue weighted by atomic mass is 10.4. The molecule has 0 fully saturated rings. The Morgan fingerprint density at radius 2 is 2.36 bits per heavy atom. The quantitative estimate of drug-likeness (QED) is 0.724. The van der Waals surface area contributed by atoms with Crippen molar-refractivity contribution in [2.45, 2.75) is 0 Å². The van der Waals surface area contributed by atoms with E-state index in [2.05, 4.69) is 15.2 Å². The van der Waals surface area contributed by atoms with Crippen LogP contribution in [0.4, 0.5) is 0 Å². The van der Waals surface area contributed by atoms with E-state index in [0.29, 0.717) is 11.7 Å². The van der Waals surface area contributed by atoms with Gasteiger partial charge in [0.25, 0.3) is 0 Å². The van der Waals surface area contributed by atoms with E-state index in [9.17, 15) is 4.79 Å². The molecular weight excluding hydrogens is 184 g/mol. The summed E-state index contributed by atoms with van der Waals surface area (Å²) in [6.07, 6.45) is 1.37. The highest BCUT2D eigenvalue weighted by Gasteiger charge is 2.02. The molecule has 2 aromatic heterocycles. The molecule has 0 amide bonds. The number of rotatable bonds is 2. The Hall–Kier alpha value is -2.11. The van der Waals surface area contributed by atoms with Crippen LogP contribution in [0.1, 0.15) is 0 Å². The number of ether oxygens (including phenoxy) is 1. The number of pyridine rings is 1. The van der Waals surface area contributed by atoms with E-state index < -0.39 is 0 Å². The number of methoxy groups -OCH3 is 1. The minimum Gasteiger partial charge on any atom is -0.481 e. The lowest BCUT2D eigenvalue weighted by molar-refractivity contribution is 0.397. The van der Waals surface area contributed by atoms with Crippen LogP contribution in [0.2, 0.25) is 0 Å². The van der Waals surface area contributed by atoms with Gasteiger partial charge in [0.2, 0.25) is 5.88 Å². The number of hydrogen-bond donors (Lipinski definition) is 1. The zero-order valence-electron chi connectivity index (χ0n) is 7.47. The number of hydrogen-bond acceptors (Lipinski definition) is 4. The molecule has 0 aliphatic heterocycles. The molecule has 14 heavy (non-hydrogen) atoms. The Morgan fingerprint density at radius 3 is 3.00 bits per heavy atom. The van der Waals surface area contributed by atoms with E-state index in [0.717, 1.165) is 0 Å². The first kappa shape index (κ1) is 8.49. The molecule has 6 nitrogen and oxygen atoms in total. The molecule has 0 radical (unpaired) electrons. The monoisotopic (exact) mass is 192 g/mol. The van der Waals surface area contributed by atoms with Crippen molar-refractivity contribution in [1.29, 1.82) is 0 Å². The largest absolute Gasteiger partial charge is 0.481 e. The molecule has 72 valence electrons. The number of H-pyrrole nitrogens is 1. The van der Waals surface area contributed by atoms with Crippen molar-refractivity contribution in [2.24, 2.45) is 0 Å². The molecule has 2 aromatic rings. The molecule has 6 heteroatoms. The third kappa shape index (κ3) is 1.37. The first-order valence-electron chi connectivity index (χ1n) is 3.94. The predicted octanol–water partition coefficient (Wildman–Crippen LogP) is -0.0358. The van der Waals surface area contributed by atoms with Crippen LogP contribution in [0.25, 0.3) is 5.82 Å². The Labute approximate surface area is 79.2 Å². The summed E-state index contributed by atoms with van der Waals surface area (Å²) in [5.74, 6) is 0.929. The van der Waals surface area contributed by atoms with Crippen molar-refractivity contribution >= 4 is 0 Å². The summed E-state index contributed by atoms with van der Waals surface area (Å²) in [4.78, 5) is 15.3. The van der Waals surface area contributed by atoms with Gasteiger partial charge in [-0.2, -0.15) is 10.1 Å². The fourth-order valence-corrected chi connectivity index (χ4v) is 1.06. The van der Waals surface area contributed by atoms with E-state index in [4.69, 9.17) is 4.74 Å². The summed E-state index contributed by atoms with van der Waals surface area (Å²) < 4.78 is 6.23. The minimum absolute atomic E-state index is 0.328. The highest BCUT2D eigenvalue weighted by molar-refractivity contribution is 5.26. The summed E-state index contributed by atoms with van der Waals surface area (Å²) >= 11 is 0. The molecule has 0 aromatic carbocycles. The molecule has 2 rings (SSSR count). The van der Waals surface area contributed by atoms with Gasteiger partial charge in [-0.25, -0.2) is 14.5 Å². The number of aromatic nitrogens is 4. The smallest absolute Gasteiger partial charge is 0.348 e. The zero-order chi connectivity index (χ0) is 9.97. The summed E-state index contributed by atoms with van der Waals surface area (Å²) in [5.41, 5.74) is -0.328. The Bertz CT molecular complexity index is 488. The Morgan fingerprint density at radius 1 is 1.50 bits per heavy atom. The number of aromatic amines is 1. The number of nitrogens with zero attached hydrogens (tertiary/aromatic N) is 3. The molecule has 1 N–H and O–H groups in total. The lowest BCUT2D eigenvalue weighted by Crippen LogP contribution is -2.15.